The molecule has 0 atom stereocenters. The van der Waals surface area contributed by atoms with Gasteiger partial charge >= 0.3 is 0 Å². The average Bonchev–Trinajstić information content (AvgIpc) is 2.42. The molecule has 2 aromatic rings. The van der Waals surface area contributed by atoms with Gasteiger partial charge in [-0.25, -0.2) is 4.98 Å². The minimum Gasteiger partial charge on any atom is -0.480 e. The Bertz CT molecular complexity index is 560. The number of ether oxygens (including phenoxy) is 1. The summed E-state index contributed by atoms with van der Waals surface area (Å²) in [4.78, 5) is 10.6. The monoisotopic (exact) mass is 385 g/mol. The summed E-state index contributed by atoms with van der Waals surface area (Å²) in [5.74, 6) is 1.16. The van der Waals surface area contributed by atoms with Gasteiger partial charge in [-0.15, -0.1) is 0 Å². The average molecular weight is 387 g/mol. The first-order chi connectivity index (χ1) is 9.10. The maximum atomic E-state index is 5.17. The Morgan fingerprint density at radius 3 is 2.53 bits per heavy atom. The van der Waals surface area contributed by atoms with E-state index >= 15 is 0 Å². The van der Waals surface area contributed by atoms with Crippen molar-refractivity contribution >= 4 is 37.8 Å². The van der Waals surface area contributed by atoms with Crippen molar-refractivity contribution in [3.8, 4) is 5.88 Å². The van der Waals surface area contributed by atoms with E-state index in [1.165, 1.54) is 5.56 Å². The highest BCUT2D eigenvalue weighted by Crippen LogP contribution is 2.23. The van der Waals surface area contributed by atoms with Gasteiger partial charge in [0, 0.05) is 18.1 Å². The number of halogens is 2. The second-order valence-electron chi connectivity index (χ2n) is 4.01. The largest absolute Gasteiger partial charge is 0.480 e. The Labute approximate surface area is 129 Å². The predicted molar refractivity (Wildman–Crippen MR) is 82.5 cm³/mol. The number of hydrogen-bond donors (Lipinski definition) is 0. The zero-order valence-corrected chi connectivity index (χ0v) is 13.8. The third-order valence-corrected chi connectivity index (χ3v) is 3.64. The summed E-state index contributed by atoms with van der Waals surface area (Å²) in [6.45, 7) is 0.734. The zero-order chi connectivity index (χ0) is 13.8. The van der Waals surface area contributed by atoms with E-state index in [0.29, 0.717) is 11.8 Å². The first-order valence-electron chi connectivity index (χ1n) is 5.62. The van der Waals surface area contributed by atoms with E-state index < -0.39 is 0 Å². The van der Waals surface area contributed by atoms with Crippen LogP contribution in [0.25, 0.3) is 0 Å². The lowest BCUT2D eigenvalue weighted by Gasteiger charge is -2.17. The second kappa shape index (κ2) is 6.34. The van der Waals surface area contributed by atoms with Crippen LogP contribution in [0.5, 0.6) is 5.88 Å². The first-order valence-corrected chi connectivity index (χ1v) is 7.21. The molecule has 0 saturated carbocycles. The summed E-state index contributed by atoms with van der Waals surface area (Å²) in [5.41, 5.74) is 1.19. The van der Waals surface area contributed by atoms with E-state index in [1.807, 2.05) is 24.1 Å². The standard InChI is InChI=1S/C13H13Br2N3O/c1-18(8-9-3-5-10(14)6-4-9)13-16-7-11(15)12(17-13)19-2/h3-7H,8H2,1-2H3. The molecule has 0 fully saturated rings. The molecule has 1 aromatic carbocycles. The Balaban J connectivity index is 2.15. The molecule has 4 nitrogen and oxygen atoms in total. The minimum absolute atomic E-state index is 0.535. The van der Waals surface area contributed by atoms with Gasteiger partial charge in [0.1, 0.15) is 0 Å². The highest BCUT2D eigenvalue weighted by atomic mass is 79.9. The minimum atomic E-state index is 0.535. The van der Waals surface area contributed by atoms with Gasteiger partial charge in [-0.3, -0.25) is 0 Å². The van der Waals surface area contributed by atoms with Crippen molar-refractivity contribution in [1.29, 1.82) is 0 Å². The van der Waals surface area contributed by atoms with Gasteiger partial charge in [-0.05, 0) is 33.6 Å². The Morgan fingerprint density at radius 1 is 1.21 bits per heavy atom. The van der Waals surface area contributed by atoms with Crippen molar-refractivity contribution in [1.82, 2.24) is 9.97 Å². The van der Waals surface area contributed by atoms with E-state index in [4.69, 9.17) is 4.74 Å². The number of rotatable bonds is 4. The van der Waals surface area contributed by atoms with Crippen molar-refractivity contribution in [2.45, 2.75) is 6.54 Å². The molecular weight excluding hydrogens is 374 g/mol. The van der Waals surface area contributed by atoms with Crippen molar-refractivity contribution in [2.24, 2.45) is 0 Å². The van der Waals surface area contributed by atoms with E-state index in [2.05, 4.69) is 54.0 Å². The molecule has 19 heavy (non-hydrogen) atoms. The molecule has 0 spiro atoms. The fourth-order valence-electron chi connectivity index (χ4n) is 1.60. The van der Waals surface area contributed by atoms with Gasteiger partial charge in [-0.1, -0.05) is 28.1 Å². The molecule has 2 rings (SSSR count). The van der Waals surface area contributed by atoms with E-state index in [0.717, 1.165) is 15.5 Å². The van der Waals surface area contributed by atoms with Crippen LogP contribution in [0.3, 0.4) is 0 Å². The second-order valence-corrected chi connectivity index (χ2v) is 5.78. The summed E-state index contributed by atoms with van der Waals surface area (Å²) >= 11 is 6.76. The van der Waals surface area contributed by atoms with Crippen molar-refractivity contribution < 1.29 is 4.74 Å². The van der Waals surface area contributed by atoms with Gasteiger partial charge in [0.15, 0.2) is 0 Å². The molecule has 0 bridgehead atoms. The lowest BCUT2D eigenvalue weighted by atomic mass is 10.2. The summed E-state index contributed by atoms with van der Waals surface area (Å²) < 4.78 is 6.99. The molecule has 0 aliphatic heterocycles. The van der Waals surface area contributed by atoms with Crippen molar-refractivity contribution in [2.75, 3.05) is 19.1 Å². The van der Waals surface area contributed by atoms with Crippen LogP contribution >= 0.6 is 31.9 Å². The van der Waals surface area contributed by atoms with Crippen molar-refractivity contribution in [3.63, 3.8) is 0 Å². The first kappa shape index (κ1) is 14.3. The molecule has 0 radical (unpaired) electrons. The third kappa shape index (κ3) is 3.67. The summed E-state index contributed by atoms with van der Waals surface area (Å²) in [6.07, 6.45) is 1.69. The molecule has 0 unspecified atom stereocenters. The molecule has 0 N–H and O–H groups in total. The molecule has 0 saturated heterocycles. The van der Waals surface area contributed by atoms with Crippen LogP contribution in [0.15, 0.2) is 39.4 Å². The normalized spacial score (nSPS) is 10.3. The summed E-state index contributed by atoms with van der Waals surface area (Å²) in [6, 6.07) is 8.17. The Kier molecular flexibility index (Phi) is 4.76. The van der Waals surface area contributed by atoms with Crippen LogP contribution < -0.4 is 9.64 Å². The highest BCUT2D eigenvalue weighted by molar-refractivity contribution is 9.10. The van der Waals surface area contributed by atoms with Gasteiger partial charge in [-0.2, -0.15) is 4.98 Å². The van der Waals surface area contributed by atoms with Crippen LogP contribution in [0.4, 0.5) is 5.95 Å². The topological polar surface area (TPSA) is 38.2 Å². The van der Waals surface area contributed by atoms with Crippen LogP contribution in [-0.2, 0) is 6.54 Å². The number of hydrogen-bond acceptors (Lipinski definition) is 4. The van der Waals surface area contributed by atoms with Crippen molar-refractivity contribution in [3.05, 3.63) is 45.0 Å². The summed E-state index contributed by atoms with van der Waals surface area (Å²) in [5, 5.41) is 0. The fourth-order valence-corrected chi connectivity index (χ4v) is 2.22. The van der Waals surface area contributed by atoms with Gasteiger partial charge in [0.2, 0.25) is 11.8 Å². The fraction of sp³-hybridized carbons (Fsp3) is 0.231. The molecular formula is C13H13Br2N3O. The van der Waals surface area contributed by atoms with E-state index in [9.17, 15) is 0 Å². The molecule has 1 aromatic heterocycles. The molecule has 0 aliphatic rings. The maximum Gasteiger partial charge on any atom is 0.232 e. The number of nitrogens with zero attached hydrogens (tertiary/aromatic N) is 3. The number of benzene rings is 1. The van der Waals surface area contributed by atoms with Crippen LogP contribution in [-0.4, -0.2) is 24.1 Å². The smallest absolute Gasteiger partial charge is 0.232 e. The third-order valence-electron chi connectivity index (χ3n) is 2.57. The van der Waals surface area contributed by atoms with Gasteiger partial charge in [0.05, 0.1) is 17.8 Å². The van der Waals surface area contributed by atoms with Gasteiger partial charge < -0.3 is 9.64 Å². The van der Waals surface area contributed by atoms with E-state index in [-0.39, 0.29) is 0 Å². The zero-order valence-electron chi connectivity index (χ0n) is 10.6. The molecule has 100 valence electrons. The summed E-state index contributed by atoms with van der Waals surface area (Å²) in [7, 11) is 3.54. The highest BCUT2D eigenvalue weighted by Gasteiger charge is 2.09. The van der Waals surface area contributed by atoms with Gasteiger partial charge in [0.25, 0.3) is 0 Å². The molecule has 6 heteroatoms. The van der Waals surface area contributed by atoms with Crippen LogP contribution in [0, 0.1) is 0 Å². The molecule has 0 aliphatic carbocycles. The van der Waals surface area contributed by atoms with Crippen LogP contribution in [0.1, 0.15) is 5.56 Å². The predicted octanol–water partition coefficient (Wildman–Crippen LogP) is 3.65. The van der Waals surface area contributed by atoms with Crippen LogP contribution in [0.2, 0.25) is 0 Å². The number of anilines is 1. The lowest BCUT2D eigenvalue weighted by molar-refractivity contribution is 0.394. The SMILES string of the molecule is COc1nc(N(C)Cc2ccc(Br)cc2)ncc1Br. The Morgan fingerprint density at radius 2 is 1.89 bits per heavy atom. The quantitative estimate of drug-likeness (QED) is 0.803. The number of methoxy groups -OCH3 is 1. The molecule has 1 heterocycles. The Hall–Kier alpha value is -1.14. The molecule has 0 amide bonds. The number of aromatic nitrogens is 2. The maximum absolute atomic E-state index is 5.17. The van der Waals surface area contributed by atoms with E-state index in [1.54, 1.807) is 13.3 Å². The lowest BCUT2D eigenvalue weighted by Crippen LogP contribution is -2.19.